The number of aromatic amines is 1. The van der Waals surface area contributed by atoms with Crippen molar-refractivity contribution in [3.8, 4) is 0 Å². The number of aliphatic hydroxyl groups excluding tert-OH is 1. The lowest BCUT2D eigenvalue weighted by Gasteiger charge is -2.21. The van der Waals surface area contributed by atoms with E-state index in [1.165, 1.54) is 24.3 Å². The van der Waals surface area contributed by atoms with Gasteiger partial charge in [0.1, 0.15) is 0 Å². The molecule has 0 radical (unpaired) electrons. The first kappa shape index (κ1) is 20.8. The summed E-state index contributed by atoms with van der Waals surface area (Å²) in [7, 11) is 1.40. The minimum Gasteiger partial charge on any atom is -0.395 e. The Kier molecular flexibility index (Phi) is 7.58. The van der Waals surface area contributed by atoms with Gasteiger partial charge in [0.2, 0.25) is 0 Å². The van der Waals surface area contributed by atoms with Crippen LogP contribution in [-0.4, -0.2) is 47.7 Å². The Morgan fingerprint density at radius 3 is 2.69 bits per heavy atom. The van der Waals surface area contributed by atoms with Crippen LogP contribution >= 0.6 is 0 Å². The lowest BCUT2D eigenvalue weighted by Crippen LogP contribution is -2.28. The molecule has 3 aromatic rings. The summed E-state index contributed by atoms with van der Waals surface area (Å²) < 4.78 is 0. The second-order valence-electron chi connectivity index (χ2n) is 6.88. The van der Waals surface area contributed by atoms with E-state index in [1.54, 1.807) is 6.08 Å². The molecule has 1 heterocycles. The Hall–Kier alpha value is -2.93. The molecule has 29 heavy (non-hydrogen) atoms. The van der Waals surface area contributed by atoms with E-state index in [-0.39, 0.29) is 12.5 Å². The molecule has 0 atom stereocenters. The summed E-state index contributed by atoms with van der Waals surface area (Å²) in [6.07, 6.45) is 4.06. The summed E-state index contributed by atoms with van der Waals surface area (Å²) in [6, 6.07) is 18.5. The van der Waals surface area contributed by atoms with E-state index in [2.05, 4.69) is 38.4 Å². The van der Waals surface area contributed by atoms with Crippen molar-refractivity contribution in [1.29, 1.82) is 0 Å². The van der Waals surface area contributed by atoms with Crippen molar-refractivity contribution in [3.63, 3.8) is 0 Å². The number of aliphatic hydroxyl groups is 1. The number of carbonyl (C=O) groups excluding carboxylic acids is 1. The third kappa shape index (κ3) is 6.29. The van der Waals surface area contributed by atoms with Crippen LogP contribution in [-0.2, 0) is 22.6 Å². The predicted octanol–water partition coefficient (Wildman–Crippen LogP) is 2.90. The molecule has 0 unspecified atom stereocenters. The van der Waals surface area contributed by atoms with Gasteiger partial charge in [-0.25, -0.2) is 5.48 Å². The number of aromatic nitrogens is 1. The lowest BCUT2D eigenvalue weighted by molar-refractivity contribution is -0.126. The van der Waals surface area contributed by atoms with Gasteiger partial charge in [0, 0.05) is 43.3 Å². The van der Waals surface area contributed by atoms with Crippen LogP contribution in [0.15, 0.2) is 60.7 Å². The summed E-state index contributed by atoms with van der Waals surface area (Å²) in [5.74, 6) is -0.303. The molecular formula is C23H27N3O3. The van der Waals surface area contributed by atoms with Crippen molar-refractivity contribution in [3.05, 3.63) is 77.5 Å². The van der Waals surface area contributed by atoms with E-state index in [9.17, 15) is 9.90 Å². The molecule has 6 nitrogen and oxygen atoms in total. The average molecular weight is 393 g/mol. The maximum atomic E-state index is 11.4. The number of hydrogen-bond acceptors (Lipinski definition) is 4. The van der Waals surface area contributed by atoms with E-state index in [4.69, 9.17) is 0 Å². The first-order chi connectivity index (χ1) is 14.2. The van der Waals surface area contributed by atoms with Gasteiger partial charge in [-0.15, -0.1) is 0 Å². The van der Waals surface area contributed by atoms with Gasteiger partial charge in [0.25, 0.3) is 5.91 Å². The fourth-order valence-corrected chi connectivity index (χ4v) is 3.26. The van der Waals surface area contributed by atoms with Gasteiger partial charge in [-0.3, -0.25) is 14.5 Å². The zero-order valence-electron chi connectivity index (χ0n) is 16.6. The summed E-state index contributed by atoms with van der Waals surface area (Å²) >= 11 is 0. The maximum Gasteiger partial charge on any atom is 0.267 e. The van der Waals surface area contributed by atoms with Crippen LogP contribution in [0.3, 0.4) is 0 Å². The van der Waals surface area contributed by atoms with Gasteiger partial charge >= 0.3 is 0 Å². The Morgan fingerprint density at radius 1 is 1.17 bits per heavy atom. The summed E-state index contributed by atoms with van der Waals surface area (Å²) in [4.78, 5) is 21.7. The molecular weight excluding hydrogens is 366 g/mol. The van der Waals surface area contributed by atoms with Gasteiger partial charge in [0.15, 0.2) is 0 Å². The SMILES string of the molecule is CONC(=O)/C=C/c1ccc(CN(CCO)CCc2cc3ccccc3[nH]2)cc1. The molecule has 3 rings (SSSR count). The van der Waals surface area contributed by atoms with Crippen molar-refractivity contribution in [2.24, 2.45) is 0 Å². The quantitative estimate of drug-likeness (QED) is 0.366. The second kappa shape index (κ2) is 10.6. The number of fused-ring (bicyclic) bond motifs is 1. The molecule has 1 aromatic heterocycles. The van der Waals surface area contributed by atoms with Crippen molar-refractivity contribution in [2.75, 3.05) is 26.8 Å². The molecule has 3 N–H and O–H groups in total. The fourth-order valence-electron chi connectivity index (χ4n) is 3.26. The third-order valence-corrected chi connectivity index (χ3v) is 4.72. The van der Waals surface area contributed by atoms with Crippen molar-refractivity contribution in [1.82, 2.24) is 15.4 Å². The molecule has 2 aromatic carbocycles. The van der Waals surface area contributed by atoms with Crippen molar-refractivity contribution < 1.29 is 14.7 Å². The van der Waals surface area contributed by atoms with Crippen LogP contribution in [0.25, 0.3) is 17.0 Å². The van der Waals surface area contributed by atoms with Gasteiger partial charge in [-0.1, -0.05) is 42.5 Å². The third-order valence-electron chi connectivity index (χ3n) is 4.72. The van der Waals surface area contributed by atoms with E-state index < -0.39 is 0 Å². The molecule has 0 bridgehead atoms. The highest BCUT2D eigenvalue weighted by molar-refractivity contribution is 5.90. The molecule has 0 aliphatic carbocycles. The normalized spacial score (nSPS) is 11.6. The van der Waals surface area contributed by atoms with E-state index >= 15 is 0 Å². The molecule has 6 heteroatoms. The highest BCUT2D eigenvalue weighted by Crippen LogP contribution is 2.16. The topological polar surface area (TPSA) is 77.6 Å². The minimum atomic E-state index is -0.303. The highest BCUT2D eigenvalue weighted by Gasteiger charge is 2.08. The van der Waals surface area contributed by atoms with Gasteiger partial charge in [-0.05, 0) is 34.7 Å². The summed E-state index contributed by atoms with van der Waals surface area (Å²) in [6.45, 7) is 2.36. The monoisotopic (exact) mass is 393 g/mol. The number of hydroxylamine groups is 1. The van der Waals surface area contributed by atoms with Crippen LogP contribution in [0.5, 0.6) is 0 Å². The number of nitrogens with zero attached hydrogens (tertiary/aromatic N) is 1. The highest BCUT2D eigenvalue weighted by atomic mass is 16.6. The van der Waals surface area contributed by atoms with Crippen LogP contribution < -0.4 is 5.48 Å². The molecule has 152 valence electrons. The lowest BCUT2D eigenvalue weighted by atomic mass is 10.1. The van der Waals surface area contributed by atoms with E-state index in [1.807, 2.05) is 36.4 Å². The second-order valence-corrected chi connectivity index (χ2v) is 6.88. The smallest absolute Gasteiger partial charge is 0.267 e. The molecule has 0 aliphatic rings. The number of nitrogens with one attached hydrogen (secondary N) is 2. The van der Waals surface area contributed by atoms with Gasteiger partial charge in [0.05, 0.1) is 13.7 Å². The van der Waals surface area contributed by atoms with E-state index in [0.29, 0.717) is 6.54 Å². The zero-order chi connectivity index (χ0) is 20.5. The molecule has 0 aliphatic heterocycles. The molecule has 0 saturated carbocycles. The fraction of sp³-hybridized carbons (Fsp3) is 0.261. The van der Waals surface area contributed by atoms with Gasteiger partial charge in [-0.2, -0.15) is 0 Å². The first-order valence-electron chi connectivity index (χ1n) is 9.68. The molecule has 1 amide bonds. The number of carbonyl (C=O) groups is 1. The van der Waals surface area contributed by atoms with Crippen molar-refractivity contribution in [2.45, 2.75) is 13.0 Å². The average Bonchev–Trinajstić information content (AvgIpc) is 3.15. The zero-order valence-corrected chi connectivity index (χ0v) is 16.6. The number of rotatable bonds is 10. The van der Waals surface area contributed by atoms with E-state index in [0.717, 1.165) is 36.2 Å². The van der Waals surface area contributed by atoms with Crippen molar-refractivity contribution >= 4 is 22.9 Å². The number of para-hydroxylation sites is 1. The number of hydrogen-bond donors (Lipinski definition) is 3. The number of H-pyrrole nitrogens is 1. The molecule has 0 spiro atoms. The predicted molar refractivity (Wildman–Crippen MR) is 115 cm³/mol. The standard InChI is InChI=1S/C23H27N3O3/c1-29-25-23(28)11-10-18-6-8-19(9-7-18)17-26(14-15-27)13-12-21-16-20-4-2-3-5-22(20)24-21/h2-11,16,24,27H,12-15,17H2,1H3,(H,25,28)/b11-10+. The summed E-state index contributed by atoms with van der Waals surface area (Å²) in [5.41, 5.74) is 6.69. The van der Waals surface area contributed by atoms with Crippen LogP contribution in [0.4, 0.5) is 0 Å². The number of amides is 1. The minimum absolute atomic E-state index is 0.127. The summed E-state index contributed by atoms with van der Waals surface area (Å²) in [5, 5.41) is 10.7. The van der Waals surface area contributed by atoms with Gasteiger partial charge < -0.3 is 10.1 Å². The molecule has 0 fully saturated rings. The van der Waals surface area contributed by atoms with Crippen LogP contribution in [0.1, 0.15) is 16.8 Å². The van der Waals surface area contributed by atoms with Crippen LogP contribution in [0, 0.1) is 0 Å². The van der Waals surface area contributed by atoms with Crippen LogP contribution in [0.2, 0.25) is 0 Å². The Labute approximate surface area is 170 Å². The first-order valence-corrected chi connectivity index (χ1v) is 9.68. The Morgan fingerprint density at radius 2 is 1.97 bits per heavy atom. The maximum absolute atomic E-state index is 11.4. The largest absolute Gasteiger partial charge is 0.395 e. The molecule has 0 saturated heterocycles. The Balaban J connectivity index is 1.57. The Bertz CT molecular complexity index is 914. The number of benzene rings is 2.